The van der Waals surface area contributed by atoms with E-state index in [1.807, 2.05) is 66.7 Å². The van der Waals surface area contributed by atoms with Gasteiger partial charge in [-0.15, -0.1) is 17.0 Å². The van der Waals surface area contributed by atoms with E-state index in [1.165, 1.54) is 0 Å². The number of hydrogen-bond donors (Lipinski definition) is 1. The molecule has 142 valence electrons. The minimum Gasteiger partial charge on any atom is -0.415 e. The van der Waals surface area contributed by atoms with Crippen LogP contribution >= 0.6 is 24.6 Å². The Morgan fingerprint density at radius 3 is 1.59 bits per heavy atom. The molecule has 0 bridgehead atoms. The zero-order valence-corrected chi connectivity index (χ0v) is 17.4. The molecule has 0 amide bonds. The first-order valence-corrected chi connectivity index (χ1v) is 10.2. The van der Waals surface area contributed by atoms with E-state index in [0.717, 1.165) is 5.56 Å². The number of rotatable bonds is 8. The molecule has 2 N–H and O–H groups in total. The molecule has 0 saturated carbocycles. The van der Waals surface area contributed by atoms with Crippen molar-refractivity contribution in [3.05, 3.63) is 96.6 Å². The number of hydrogen-bond acceptors (Lipinski definition) is 4. The molecule has 0 aliphatic heterocycles. The average molecular weight is 448 g/mol. The van der Waals surface area contributed by atoms with Crippen molar-refractivity contribution in [3.8, 4) is 11.5 Å². The van der Waals surface area contributed by atoms with Gasteiger partial charge in [0, 0.05) is 0 Å². The number of halogens is 1. The van der Waals surface area contributed by atoms with E-state index in [9.17, 15) is 4.57 Å². The van der Waals surface area contributed by atoms with E-state index >= 15 is 0 Å². The van der Waals surface area contributed by atoms with Crippen LogP contribution in [0.3, 0.4) is 0 Å². The quantitative estimate of drug-likeness (QED) is 0.441. The van der Waals surface area contributed by atoms with Gasteiger partial charge in [0.15, 0.2) is 0 Å². The van der Waals surface area contributed by atoms with Gasteiger partial charge in [-0.2, -0.15) is 0 Å². The van der Waals surface area contributed by atoms with Crippen molar-refractivity contribution in [2.24, 2.45) is 5.73 Å². The molecule has 3 aromatic rings. The minimum absolute atomic E-state index is 0. The largest absolute Gasteiger partial charge is 0.447 e. The normalized spacial score (nSPS) is 11.9. The number of para-hydroxylation sites is 2. The van der Waals surface area contributed by atoms with E-state index in [4.69, 9.17) is 14.8 Å². The van der Waals surface area contributed by atoms with Gasteiger partial charge in [-0.05, 0) is 42.7 Å². The molecular weight excluding hydrogens is 425 g/mol. The van der Waals surface area contributed by atoms with Crippen LogP contribution in [0.15, 0.2) is 91.0 Å². The molecule has 0 aromatic heterocycles. The Labute approximate surface area is 170 Å². The van der Waals surface area contributed by atoms with Crippen LogP contribution in [-0.2, 0) is 11.0 Å². The molecule has 0 aliphatic rings. The van der Waals surface area contributed by atoms with Gasteiger partial charge in [0.1, 0.15) is 17.3 Å². The molecule has 6 heteroatoms. The lowest BCUT2D eigenvalue weighted by Crippen LogP contribution is -2.26. The zero-order valence-electron chi connectivity index (χ0n) is 14.8. The molecule has 1 atom stereocenters. The highest BCUT2D eigenvalue weighted by atomic mass is 79.9. The van der Waals surface area contributed by atoms with Crippen LogP contribution in [0.2, 0.25) is 0 Å². The predicted octanol–water partition coefficient (Wildman–Crippen LogP) is 5.83. The Kier molecular flexibility index (Phi) is 8.11. The lowest BCUT2D eigenvalue weighted by molar-refractivity contribution is 0.368. The van der Waals surface area contributed by atoms with Gasteiger partial charge >= 0.3 is 7.60 Å². The average Bonchev–Trinajstić information content (AvgIpc) is 2.68. The van der Waals surface area contributed by atoms with Crippen LogP contribution in [-0.4, -0.2) is 5.78 Å². The molecule has 4 nitrogen and oxygen atoms in total. The van der Waals surface area contributed by atoms with E-state index in [0.29, 0.717) is 24.3 Å². The molecule has 27 heavy (non-hydrogen) atoms. The maximum absolute atomic E-state index is 13.5. The molecule has 0 saturated heterocycles. The number of benzene rings is 3. The fourth-order valence-corrected chi connectivity index (χ4v) is 4.11. The summed E-state index contributed by atoms with van der Waals surface area (Å²) in [6, 6.07) is 27.9. The second kappa shape index (κ2) is 10.3. The zero-order chi connectivity index (χ0) is 18.2. The van der Waals surface area contributed by atoms with Gasteiger partial charge in [0.05, 0.1) is 0 Å². The Balaban J connectivity index is 0.00000261. The van der Waals surface area contributed by atoms with Gasteiger partial charge in [-0.25, -0.2) is 4.57 Å². The maximum atomic E-state index is 13.5. The third kappa shape index (κ3) is 6.24. The van der Waals surface area contributed by atoms with Gasteiger partial charge in [0.25, 0.3) is 0 Å². The SMILES string of the molecule is Br.NC(CCc1ccccc1)P(=O)(Oc1ccccc1)Oc1ccccc1. The topological polar surface area (TPSA) is 61.6 Å². The molecule has 3 rings (SSSR count). The monoisotopic (exact) mass is 447 g/mol. The first kappa shape index (κ1) is 21.2. The molecule has 3 aromatic carbocycles. The predicted molar refractivity (Wildman–Crippen MR) is 115 cm³/mol. The summed E-state index contributed by atoms with van der Waals surface area (Å²) in [6.07, 6.45) is 1.18. The van der Waals surface area contributed by atoms with Crippen LogP contribution in [0.5, 0.6) is 11.5 Å². The molecule has 0 fully saturated rings. The van der Waals surface area contributed by atoms with Gasteiger partial charge < -0.3 is 14.8 Å². The summed E-state index contributed by atoms with van der Waals surface area (Å²) in [6.45, 7) is 0. The lowest BCUT2D eigenvalue weighted by Gasteiger charge is -2.25. The fraction of sp³-hybridized carbons (Fsp3) is 0.143. The second-order valence-corrected chi connectivity index (χ2v) is 8.05. The summed E-state index contributed by atoms with van der Waals surface area (Å²) in [5.74, 6) is 0.201. The smallest absolute Gasteiger partial charge is 0.415 e. The highest BCUT2D eigenvalue weighted by Gasteiger charge is 2.36. The standard InChI is InChI=1S/C21H22NO3P.BrH/c22-21(17-16-18-10-4-1-5-11-18)26(23,24-19-12-6-2-7-13-19)25-20-14-8-3-9-15-20;/h1-15,21H,16-17,22H2;1H. The van der Waals surface area contributed by atoms with Crippen LogP contribution in [0, 0.1) is 0 Å². The second-order valence-electron chi connectivity index (χ2n) is 5.94. The Morgan fingerprint density at radius 2 is 1.15 bits per heavy atom. The van der Waals surface area contributed by atoms with Crippen molar-refractivity contribution in [1.82, 2.24) is 0 Å². The lowest BCUT2D eigenvalue weighted by atomic mass is 10.1. The van der Waals surface area contributed by atoms with Crippen molar-refractivity contribution in [2.75, 3.05) is 0 Å². The van der Waals surface area contributed by atoms with Crippen molar-refractivity contribution in [3.63, 3.8) is 0 Å². The molecule has 0 spiro atoms. The summed E-state index contributed by atoms with van der Waals surface area (Å²) < 4.78 is 25.0. The van der Waals surface area contributed by atoms with Crippen LogP contribution in [0.4, 0.5) is 0 Å². The fourth-order valence-electron chi connectivity index (χ4n) is 2.53. The van der Waals surface area contributed by atoms with Crippen LogP contribution in [0.1, 0.15) is 12.0 Å². The third-order valence-corrected chi connectivity index (χ3v) is 5.93. The first-order chi connectivity index (χ1) is 12.7. The van der Waals surface area contributed by atoms with E-state index in [2.05, 4.69) is 0 Å². The summed E-state index contributed by atoms with van der Waals surface area (Å²) in [5.41, 5.74) is 7.42. The number of nitrogens with two attached hydrogens (primary N) is 1. The van der Waals surface area contributed by atoms with Crippen molar-refractivity contribution in [1.29, 1.82) is 0 Å². The molecule has 1 unspecified atom stereocenters. The van der Waals surface area contributed by atoms with Crippen LogP contribution < -0.4 is 14.8 Å². The summed E-state index contributed by atoms with van der Waals surface area (Å²) in [5, 5.41) is 0. The summed E-state index contributed by atoms with van der Waals surface area (Å²) in [7, 11) is -3.61. The first-order valence-electron chi connectivity index (χ1n) is 8.54. The van der Waals surface area contributed by atoms with Crippen molar-refractivity contribution < 1.29 is 13.6 Å². The molecule has 0 heterocycles. The molecule has 0 aliphatic carbocycles. The minimum atomic E-state index is -3.61. The van der Waals surface area contributed by atoms with E-state index in [1.54, 1.807) is 24.3 Å². The summed E-state index contributed by atoms with van der Waals surface area (Å²) in [4.78, 5) is 0. The highest BCUT2D eigenvalue weighted by molar-refractivity contribution is 8.93. The Morgan fingerprint density at radius 1 is 0.741 bits per heavy atom. The Hall–Kier alpha value is -2.07. The van der Waals surface area contributed by atoms with Crippen molar-refractivity contribution in [2.45, 2.75) is 18.6 Å². The molecule has 0 radical (unpaired) electrons. The van der Waals surface area contributed by atoms with Crippen LogP contribution in [0.25, 0.3) is 0 Å². The van der Waals surface area contributed by atoms with E-state index in [-0.39, 0.29) is 17.0 Å². The third-order valence-electron chi connectivity index (χ3n) is 3.93. The number of aryl methyl sites for hydroxylation is 1. The van der Waals surface area contributed by atoms with Crippen molar-refractivity contribution >= 4 is 24.6 Å². The van der Waals surface area contributed by atoms with Gasteiger partial charge in [0.2, 0.25) is 0 Å². The van der Waals surface area contributed by atoms with Gasteiger partial charge in [-0.3, -0.25) is 0 Å². The highest BCUT2D eigenvalue weighted by Crippen LogP contribution is 2.52. The van der Waals surface area contributed by atoms with E-state index < -0.39 is 13.4 Å². The molecular formula is C21H23BrNO3P. The Bertz CT molecular complexity index is 802. The summed E-state index contributed by atoms with van der Waals surface area (Å²) >= 11 is 0. The van der Waals surface area contributed by atoms with Gasteiger partial charge in [-0.1, -0.05) is 66.7 Å². The maximum Gasteiger partial charge on any atom is 0.447 e.